The molecule has 0 spiro atoms. The number of carbonyl (C=O) groups is 1. The maximum atomic E-state index is 12.9. The average Bonchev–Trinajstić information content (AvgIpc) is 3.09. The number of amides is 1. The van der Waals surface area contributed by atoms with Gasteiger partial charge >= 0.3 is 7.82 Å². The molecule has 0 heterocycles. The predicted octanol–water partition coefficient (Wildman–Crippen LogP) is 12.2. The van der Waals surface area contributed by atoms with E-state index >= 15 is 0 Å². The third-order valence-corrected chi connectivity index (χ3v) is 11.3. The van der Waals surface area contributed by atoms with Crippen LogP contribution in [-0.4, -0.2) is 73.4 Å². The molecule has 9 heteroatoms. The summed E-state index contributed by atoms with van der Waals surface area (Å²) in [6.45, 7) is 4.90. The molecule has 0 radical (unpaired) electrons. The van der Waals surface area contributed by atoms with E-state index in [-0.39, 0.29) is 19.1 Å². The Morgan fingerprint density at radius 1 is 0.577 bits per heavy atom. The number of hydrogen-bond acceptors (Lipinski definition) is 5. The first-order chi connectivity index (χ1) is 25.0. The highest BCUT2D eigenvalue weighted by Crippen LogP contribution is 2.43. The van der Waals surface area contributed by atoms with Crippen molar-refractivity contribution in [3.8, 4) is 0 Å². The largest absolute Gasteiger partial charge is 0.472 e. The lowest BCUT2D eigenvalue weighted by molar-refractivity contribution is -0.870. The number of phosphoric ester groups is 1. The summed E-state index contributed by atoms with van der Waals surface area (Å²) in [5.41, 5.74) is 0. The Hall–Kier alpha value is -0.500. The first kappa shape index (κ1) is 51.5. The molecule has 1 amide bonds. The molecule has 3 N–H and O–H groups in total. The summed E-state index contributed by atoms with van der Waals surface area (Å²) in [4.78, 5) is 23.1. The van der Waals surface area contributed by atoms with Crippen molar-refractivity contribution in [2.24, 2.45) is 0 Å². The normalized spacial score (nSPS) is 14.4. The second-order valence-electron chi connectivity index (χ2n) is 16.8. The van der Waals surface area contributed by atoms with Gasteiger partial charge in [0.2, 0.25) is 5.91 Å². The Morgan fingerprint density at radius 3 is 1.29 bits per heavy atom. The predicted molar refractivity (Wildman–Crippen MR) is 222 cm³/mol. The molecule has 1 unspecified atom stereocenters. The minimum atomic E-state index is -4.30. The number of rotatable bonds is 41. The third-order valence-electron chi connectivity index (χ3n) is 10.4. The molecule has 0 saturated carbocycles. The van der Waals surface area contributed by atoms with Crippen LogP contribution in [0.4, 0.5) is 0 Å². The van der Waals surface area contributed by atoms with Gasteiger partial charge in [0.25, 0.3) is 0 Å². The van der Waals surface area contributed by atoms with Gasteiger partial charge in [0.15, 0.2) is 0 Å². The van der Waals surface area contributed by atoms with Crippen LogP contribution in [0.1, 0.15) is 219 Å². The molecule has 0 bridgehead atoms. The first-order valence-electron chi connectivity index (χ1n) is 22.4. The topological polar surface area (TPSA) is 105 Å². The quantitative estimate of drug-likeness (QED) is 0.0325. The van der Waals surface area contributed by atoms with E-state index in [4.69, 9.17) is 9.05 Å². The molecule has 0 aliphatic heterocycles. The highest BCUT2D eigenvalue weighted by Gasteiger charge is 2.28. The Kier molecular flexibility index (Phi) is 35.8. The van der Waals surface area contributed by atoms with Crippen LogP contribution in [0.3, 0.4) is 0 Å². The minimum Gasteiger partial charge on any atom is -0.391 e. The second-order valence-corrected chi connectivity index (χ2v) is 18.2. The van der Waals surface area contributed by atoms with Crippen molar-refractivity contribution in [2.75, 3.05) is 40.9 Å². The van der Waals surface area contributed by atoms with Crippen molar-refractivity contribution in [1.29, 1.82) is 0 Å². The Balaban J connectivity index is 4.33. The zero-order valence-corrected chi connectivity index (χ0v) is 36.2. The van der Waals surface area contributed by atoms with Crippen molar-refractivity contribution in [1.82, 2.24) is 5.32 Å². The number of aliphatic hydroxyl groups is 1. The van der Waals surface area contributed by atoms with E-state index in [1.165, 1.54) is 154 Å². The van der Waals surface area contributed by atoms with Crippen LogP contribution in [0.25, 0.3) is 0 Å². The number of hydrogen-bond donors (Lipinski definition) is 3. The Morgan fingerprint density at radius 2 is 0.923 bits per heavy atom. The fourth-order valence-corrected chi connectivity index (χ4v) is 7.49. The molecule has 3 atom stereocenters. The maximum absolute atomic E-state index is 12.9. The molecule has 0 saturated heterocycles. The Labute approximate surface area is 323 Å². The van der Waals surface area contributed by atoms with Crippen molar-refractivity contribution in [3.05, 3.63) is 0 Å². The number of unbranched alkanes of at least 4 members (excludes halogenated alkanes) is 28. The summed E-state index contributed by atoms with van der Waals surface area (Å²) < 4.78 is 23.6. The average molecular weight is 762 g/mol. The molecule has 0 aromatic heterocycles. The summed E-state index contributed by atoms with van der Waals surface area (Å²) in [5.74, 6) is -0.141. The van der Waals surface area contributed by atoms with E-state index in [0.717, 1.165) is 38.5 Å². The maximum Gasteiger partial charge on any atom is 0.472 e. The van der Waals surface area contributed by atoms with Crippen molar-refractivity contribution in [2.45, 2.75) is 231 Å². The lowest BCUT2D eigenvalue weighted by Gasteiger charge is -2.26. The van der Waals surface area contributed by atoms with Gasteiger partial charge in [-0.1, -0.05) is 200 Å². The van der Waals surface area contributed by atoms with Crippen LogP contribution in [0.5, 0.6) is 0 Å². The summed E-state index contributed by atoms with van der Waals surface area (Å²) in [6, 6.07) is -0.752. The highest BCUT2D eigenvalue weighted by molar-refractivity contribution is 7.47. The number of quaternary nitrogens is 1. The zero-order chi connectivity index (χ0) is 38.6. The number of aliphatic hydroxyl groups excluding tert-OH is 1. The number of phosphoric acid groups is 1. The van der Waals surface area contributed by atoms with Gasteiger partial charge in [0, 0.05) is 6.42 Å². The molecule has 312 valence electrons. The fourth-order valence-electron chi connectivity index (χ4n) is 6.75. The summed E-state index contributed by atoms with van der Waals surface area (Å²) >= 11 is 0. The molecular formula is C43H90N2O6P+. The molecule has 52 heavy (non-hydrogen) atoms. The van der Waals surface area contributed by atoms with Crippen molar-refractivity contribution < 1.29 is 32.9 Å². The van der Waals surface area contributed by atoms with Gasteiger partial charge in [-0.3, -0.25) is 13.8 Å². The summed E-state index contributed by atoms with van der Waals surface area (Å²) in [7, 11) is 1.63. The van der Waals surface area contributed by atoms with Crippen LogP contribution in [0.15, 0.2) is 0 Å². The van der Waals surface area contributed by atoms with E-state index < -0.39 is 20.0 Å². The molecule has 8 nitrogen and oxygen atoms in total. The lowest BCUT2D eigenvalue weighted by Crippen LogP contribution is -2.46. The fraction of sp³-hybridized carbons (Fsp3) is 0.977. The van der Waals surface area contributed by atoms with Gasteiger partial charge in [0.1, 0.15) is 13.2 Å². The zero-order valence-electron chi connectivity index (χ0n) is 35.3. The number of carbonyl (C=O) groups excluding carboxylic acids is 1. The molecule has 0 aliphatic rings. The SMILES string of the molecule is CCCCCCCCCCCCCCCCCCC(=O)N[C@@H](COP(=O)(O)OCC[N+](C)(C)C)[C@H](O)CCCCCCCCCCCCCCCC. The van der Waals surface area contributed by atoms with Gasteiger partial charge in [0.05, 0.1) is 39.9 Å². The molecule has 0 aliphatic carbocycles. The second kappa shape index (κ2) is 36.2. The van der Waals surface area contributed by atoms with Crippen LogP contribution in [0.2, 0.25) is 0 Å². The number of nitrogens with zero attached hydrogens (tertiary/aromatic N) is 1. The molecule has 0 aromatic rings. The monoisotopic (exact) mass is 762 g/mol. The Bertz CT molecular complexity index is 824. The smallest absolute Gasteiger partial charge is 0.391 e. The van der Waals surface area contributed by atoms with E-state index in [1.807, 2.05) is 21.1 Å². The molecule has 0 fully saturated rings. The van der Waals surface area contributed by atoms with Crippen LogP contribution in [-0.2, 0) is 18.4 Å². The van der Waals surface area contributed by atoms with Gasteiger partial charge in [-0.15, -0.1) is 0 Å². The van der Waals surface area contributed by atoms with E-state index in [9.17, 15) is 19.4 Å². The minimum absolute atomic E-state index is 0.0785. The van der Waals surface area contributed by atoms with Crippen molar-refractivity contribution >= 4 is 13.7 Å². The van der Waals surface area contributed by atoms with Crippen molar-refractivity contribution in [3.63, 3.8) is 0 Å². The number of likely N-dealkylation sites (N-methyl/N-ethyl adjacent to an activating group) is 1. The molecule has 0 aromatic carbocycles. The van der Waals surface area contributed by atoms with Crippen LogP contribution < -0.4 is 5.32 Å². The van der Waals surface area contributed by atoms with E-state index in [0.29, 0.717) is 23.9 Å². The number of nitrogens with one attached hydrogen (secondary N) is 1. The van der Waals surface area contributed by atoms with Gasteiger partial charge < -0.3 is 19.8 Å². The van der Waals surface area contributed by atoms with E-state index in [2.05, 4.69) is 19.2 Å². The first-order valence-corrected chi connectivity index (χ1v) is 23.9. The summed E-state index contributed by atoms with van der Waals surface area (Å²) in [5, 5.41) is 13.9. The lowest BCUT2D eigenvalue weighted by atomic mass is 10.0. The standard InChI is InChI=1S/C43H89N2O6P/c1-6-8-10-12-14-16-18-20-22-23-25-27-29-31-33-35-37-43(47)44-41(40-51-52(48,49)50-39-38-45(3,4)5)42(46)36-34-32-30-28-26-24-21-19-17-15-13-11-9-7-2/h41-42,46H,6-40H2,1-5H3,(H-,44,47,48,49)/p+1/t41-,42+/m0/s1. The summed E-state index contributed by atoms with van der Waals surface area (Å²) in [6.07, 6.45) is 38.3. The van der Waals surface area contributed by atoms with Gasteiger partial charge in [-0.2, -0.15) is 0 Å². The van der Waals surface area contributed by atoms with Gasteiger partial charge in [-0.25, -0.2) is 4.57 Å². The van der Waals surface area contributed by atoms with Gasteiger partial charge in [-0.05, 0) is 12.8 Å². The van der Waals surface area contributed by atoms with Crippen LogP contribution in [0, 0.1) is 0 Å². The third kappa shape index (κ3) is 37.8. The van der Waals surface area contributed by atoms with E-state index in [1.54, 1.807) is 0 Å². The molecule has 0 rings (SSSR count). The van der Waals surface area contributed by atoms with Crippen LogP contribution >= 0.6 is 7.82 Å². The molecular weight excluding hydrogens is 671 g/mol. The highest BCUT2D eigenvalue weighted by atomic mass is 31.2.